The van der Waals surface area contributed by atoms with E-state index in [-0.39, 0.29) is 25.2 Å². The van der Waals surface area contributed by atoms with Crippen LogP contribution in [0.15, 0.2) is 78.9 Å². The topological polar surface area (TPSA) is 73.5 Å². The van der Waals surface area contributed by atoms with E-state index in [1.54, 1.807) is 30.3 Å². The summed E-state index contributed by atoms with van der Waals surface area (Å²) in [5.74, 6) is -0.454. The number of urea groups is 2. The third-order valence-electron chi connectivity index (χ3n) is 4.73. The Labute approximate surface area is 193 Å². The van der Waals surface area contributed by atoms with Gasteiger partial charge < -0.3 is 16.0 Å². The molecule has 0 saturated carbocycles. The molecule has 0 aliphatic rings. The number of carbonyl (C=O) groups excluding carboxylic acids is 2. The number of carbonyl (C=O) groups is 2. The summed E-state index contributed by atoms with van der Waals surface area (Å²) in [7, 11) is 0. The first-order valence-electron chi connectivity index (χ1n) is 10.3. The van der Waals surface area contributed by atoms with Gasteiger partial charge in [-0.1, -0.05) is 30.3 Å². The molecule has 3 aromatic rings. The molecule has 178 valence electrons. The fraction of sp³-hybridized carbons (Fsp3) is 0.167. The van der Waals surface area contributed by atoms with Crippen molar-refractivity contribution in [1.29, 1.82) is 0 Å². The first kappa shape index (κ1) is 24.6. The number of nitrogens with one attached hydrogen (secondary N) is 3. The molecular weight excluding hydrogens is 452 g/mol. The lowest BCUT2D eigenvalue weighted by molar-refractivity contribution is -0.136. The summed E-state index contributed by atoms with van der Waals surface area (Å²) in [5.41, 5.74) is -0.299. The third-order valence-corrected chi connectivity index (χ3v) is 4.73. The van der Waals surface area contributed by atoms with Crippen molar-refractivity contribution in [2.75, 3.05) is 28.6 Å². The van der Waals surface area contributed by atoms with Crippen LogP contribution in [0.3, 0.4) is 0 Å². The molecule has 0 aromatic heterocycles. The molecule has 0 aliphatic carbocycles. The van der Waals surface area contributed by atoms with Crippen molar-refractivity contribution in [3.05, 3.63) is 90.2 Å². The van der Waals surface area contributed by atoms with E-state index in [2.05, 4.69) is 16.0 Å². The quantitative estimate of drug-likeness (QED) is 0.286. The van der Waals surface area contributed by atoms with E-state index in [9.17, 15) is 27.2 Å². The zero-order chi connectivity index (χ0) is 24.6. The fourth-order valence-electron chi connectivity index (χ4n) is 3.13. The van der Waals surface area contributed by atoms with Gasteiger partial charge in [-0.2, -0.15) is 13.2 Å². The minimum absolute atomic E-state index is 0.0797. The van der Waals surface area contributed by atoms with Crippen molar-refractivity contribution in [3.63, 3.8) is 0 Å². The molecule has 3 aromatic carbocycles. The molecule has 3 N–H and O–H groups in total. The number of amides is 4. The minimum Gasteiger partial charge on any atom is -0.338 e. The monoisotopic (exact) mass is 474 g/mol. The number of alkyl halides is 3. The highest BCUT2D eigenvalue weighted by molar-refractivity contribution is 6.01. The van der Waals surface area contributed by atoms with Crippen LogP contribution in [0.5, 0.6) is 0 Å². The summed E-state index contributed by atoms with van der Waals surface area (Å²) in [6.45, 7) is 0.236. The van der Waals surface area contributed by atoms with Crippen LogP contribution in [0.25, 0.3) is 0 Å². The molecule has 0 heterocycles. The van der Waals surface area contributed by atoms with E-state index in [0.29, 0.717) is 11.4 Å². The van der Waals surface area contributed by atoms with Gasteiger partial charge in [0.2, 0.25) is 0 Å². The van der Waals surface area contributed by atoms with Gasteiger partial charge in [-0.15, -0.1) is 0 Å². The Hall–Kier alpha value is -4.08. The number of nitrogens with zero attached hydrogens (tertiary/aromatic N) is 1. The van der Waals surface area contributed by atoms with E-state index in [1.807, 2.05) is 0 Å². The molecule has 6 nitrogen and oxygen atoms in total. The summed E-state index contributed by atoms with van der Waals surface area (Å²) in [4.78, 5) is 26.3. The van der Waals surface area contributed by atoms with Gasteiger partial charge >= 0.3 is 18.2 Å². The van der Waals surface area contributed by atoms with Crippen LogP contribution in [0.4, 0.5) is 44.2 Å². The first-order valence-corrected chi connectivity index (χ1v) is 10.3. The highest BCUT2D eigenvalue weighted by Gasteiger charge is 2.33. The summed E-state index contributed by atoms with van der Waals surface area (Å²) in [5, 5.41) is 7.42. The molecule has 0 unspecified atom stereocenters. The van der Waals surface area contributed by atoms with Crippen LogP contribution >= 0.6 is 0 Å². The average molecular weight is 474 g/mol. The predicted molar refractivity (Wildman–Crippen MR) is 122 cm³/mol. The van der Waals surface area contributed by atoms with E-state index < -0.39 is 29.6 Å². The normalized spacial score (nSPS) is 10.9. The Morgan fingerprint density at radius 1 is 0.824 bits per heavy atom. The number of para-hydroxylation sites is 2. The zero-order valence-electron chi connectivity index (χ0n) is 17.9. The van der Waals surface area contributed by atoms with Crippen LogP contribution < -0.4 is 20.9 Å². The van der Waals surface area contributed by atoms with Gasteiger partial charge in [-0.05, 0) is 55.0 Å². The van der Waals surface area contributed by atoms with Crippen molar-refractivity contribution in [1.82, 2.24) is 5.32 Å². The second-order valence-electron chi connectivity index (χ2n) is 7.20. The molecule has 3 rings (SSSR count). The lowest BCUT2D eigenvalue weighted by atomic mass is 10.1. The smallest absolute Gasteiger partial charge is 0.338 e. The molecule has 0 aliphatic heterocycles. The fourth-order valence-corrected chi connectivity index (χ4v) is 3.13. The number of rotatable bonds is 7. The van der Waals surface area contributed by atoms with E-state index >= 15 is 0 Å². The van der Waals surface area contributed by atoms with Gasteiger partial charge in [0.15, 0.2) is 0 Å². The average Bonchev–Trinajstić information content (AvgIpc) is 2.80. The van der Waals surface area contributed by atoms with Crippen molar-refractivity contribution < 1.29 is 27.2 Å². The molecule has 4 amide bonds. The largest absolute Gasteiger partial charge is 0.418 e. The number of anilines is 3. The highest BCUT2D eigenvalue weighted by atomic mass is 19.4. The maximum absolute atomic E-state index is 13.3. The number of benzene rings is 3. The molecular formula is C24H22F4N4O2. The van der Waals surface area contributed by atoms with Crippen LogP contribution in [-0.2, 0) is 6.18 Å². The Bertz CT molecular complexity index is 1110. The maximum atomic E-state index is 13.3. The van der Waals surface area contributed by atoms with Crippen molar-refractivity contribution >= 4 is 29.1 Å². The Morgan fingerprint density at radius 3 is 2.15 bits per heavy atom. The van der Waals surface area contributed by atoms with E-state index in [4.69, 9.17) is 0 Å². The minimum atomic E-state index is -4.61. The molecule has 10 heteroatoms. The highest BCUT2D eigenvalue weighted by Crippen LogP contribution is 2.34. The van der Waals surface area contributed by atoms with Crippen LogP contribution in [0, 0.1) is 5.82 Å². The third kappa shape index (κ3) is 6.96. The van der Waals surface area contributed by atoms with Crippen molar-refractivity contribution in [2.45, 2.75) is 12.6 Å². The predicted octanol–water partition coefficient (Wildman–Crippen LogP) is 6.09. The Morgan fingerprint density at radius 2 is 1.47 bits per heavy atom. The van der Waals surface area contributed by atoms with Crippen LogP contribution in [0.1, 0.15) is 12.0 Å². The van der Waals surface area contributed by atoms with Gasteiger partial charge in [0, 0.05) is 24.5 Å². The molecule has 0 bridgehead atoms. The Balaban J connectivity index is 1.58. The molecule has 0 saturated heterocycles. The van der Waals surface area contributed by atoms with E-state index in [1.165, 1.54) is 41.3 Å². The van der Waals surface area contributed by atoms with Gasteiger partial charge in [-0.25, -0.2) is 14.0 Å². The van der Waals surface area contributed by atoms with Crippen LogP contribution in [0.2, 0.25) is 0 Å². The number of hydrogen-bond acceptors (Lipinski definition) is 2. The second-order valence-corrected chi connectivity index (χ2v) is 7.20. The van der Waals surface area contributed by atoms with Gasteiger partial charge in [-0.3, -0.25) is 4.90 Å². The van der Waals surface area contributed by atoms with Gasteiger partial charge in [0.05, 0.1) is 11.3 Å². The Kier molecular flexibility index (Phi) is 8.07. The second kappa shape index (κ2) is 11.2. The first-order chi connectivity index (χ1) is 16.2. The van der Waals surface area contributed by atoms with Gasteiger partial charge in [0.1, 0.15) is 5.82 Å². The molecule has 0 radical (unpaired) electrons. The molecule has 34 heavy (non-hydrogen) atoms. The number of halogens is 4. The lowest BCUT2D eigenvalue weighted by Gasteiger charge is -2.23. The zero-order valence-corrected chi connectivity index (χ0v) is 17.9. The standard InChI is InChI=1S/C24H22F4N4O2/c25-17-11-13-19(14-12-17)32(23(34)30-18-7-2-1-3-8-18)16-6-15-29-22(33)31-21-10-5-4-9-20(21)24(26,27)28/h1-5,7-14H,6,15-16H2,(H,30,34)(H2,29,31,33). The van der Waals surface area contributed by atoms with Crippen LogP contribution in [-0.4, -0.2) is 25.2 Å². The summed E-state index contributed by atoms with van der Waals surface area (Å²) in [6.07, 6.45) is -4.32. The molecule has 0 atom stereocenters. The summed E-state index contributed by atoms with van der Waals surface area (Å²) < 4.78 is 52.6. The van der Waals surface area contributed by atoms with Crippen molar-refractivity contribution in [2.24, 2.45) is 0 Å². The maximum Gasteiger partial charge on any atom is 0.418 e. The van der Waals surface area contributed by atoms with Crippen molar-refractivity contribution in [3.8, 4) is 0 Å². The summed E-state index contributed by atoms with van der Waals surface area (Å²) in [6, 6.07) is 17.5. The SMILES string of the molecule is O=C(NCCCN(C(=O)Nc1ccccc1)c1ccc(F)cc1)Nc1ccccc1C(F)(F)F. The number of hydrogen-bond donors (Lipinski definition) is 3. The lowest BCUT2D eigenvalue weighted by Crippen LogP contribution is -2.38. The summed E-state index contributed by atoms with van der Waals surface area (Å²) >= 11 is 0. The molecule has 0 spiro atoms. The van der Waals surface area contributed by atoms with Gasteiger partial charge in [0.25, 0.3) is 0 Å². The molecule has 0 fully saturated rings. The van der Waals surface area contributed by atoms with E-state index in [0.717, 1.165) is 12.1 Å².